The van der Waals surface area contributed by atoms with Crippen LogP contribution >= 0.6 is 0 Å². The minimum atomic E-state index is 0.461. The molecule has 0 radical (unpaired) electrons. The lowest BCUT2D eigenvalue weighted by Gasteiger charge is -2.16. The van der Waals surface area contributed by atoms with E-state index in [1.165, 1.54) is 50.5 Å². The first-order chi connectivity index (χ1) is 7.84. The van der Waals surface area contributed by atoms with Gasteiger partial charge in [-0.1, -0.05) is 49.6 Å². The molecule has 0 heterocycles. The van der Waals surface area contributed by atoms with Crippen LogP contribution in [0.2, 0.25) is 0 Å². The van der Waals surface area contributed by atoms with E-state index in [0.29, 0.717) is 6.04 Å². The van der Waals surface area contributed by atoms with E-state index in [4.69, 9.17) is 5.73 Å². The number of nitrogens with two attached hydrogens (primary N) is 1. The van der Waals surface area contributed by atoms with Crippen LogP contribution in [-0.4, -0.2) is 6.04 Å². The van der Waals surface area contributed by atoms with Gasteiger partial charge in [-0.15, -0.1) is 0 Å². The fourth-order valence-corrected chi connectivity index (χ4v) is 2.78. The molecule has 1 fully saturated rings. The predicted molar refractivity (Wildman–Crippen MR) is 69.3 cm³/mol. The number of aryl methyl sites for hydroxylation is 1. The highest BCUT2D eigenvalue weighted by molar-refractivity contribution is 5.14. The molecule has 2 N–H and O–H groups in total. The summed E-state index contributed by atoms with van der Waals surface area (Å²) in [4.78, 5) is 0. The van der Waals surface area contributed by atoms with Crippen molar-refractivity contribution in [2.24, 2.45) is 11.7 Å². The second kappa shape index (κ2) is 6.05. The molecule has 1 aromatic carbocycles. The summed E-state index contributed by atoms with van der Waals surface area (Å²) in [6, 6.07) is 11.3. The van der Waals surface area contributed by atoms with Crippen LogP contribution in [0.3, 0.4) is 0 Å². The van der Waals surface area contributed by atoms with E-state index in [-0.39, 0.29) is 0 Å². The molecule has 88 valence electrons. The Kier molecular flexibility index (Phi) is 4.41. The van der Waals surface area contributed by atoms with Gasteiger partial charge >= 0.3 is 0 Å². The van der Waals surface area contributed by atoms with Crippen molar-refractivity contribution in [3.63, 3.8) is 0 Å². The van der Waals surface area contributed by atoms with Gasteiger partial charge in [0.2, 0.25) is 0 Å². The molecule has 2 unspecified atom stereocenters. The van der Waals surface area contributed by atoms with E-state index < -0.39 is 0 Å². The molecule has 1 heteroatoms. The van der Waals surface area contributed by atoms with Crippen LogP contribution in [0.15, 0.2) is 30.3 Å². The molecular formula is C15H23N. The summed E-state index contributed by atoms with van der Waals surface area (Å²) >= 11 is 0. The lowest BCUT2D eigenvalue weighted by Crippen LogP contribution is -2.21. The molecule has 0 amide bonds. The maximum Gasteiger partial charge on any atom is 0.00414 e. The average molecular weight is 217 g/mol. The van der Waals surface area contributed by atoms with Gasteiger partial charge < -0.3 is 5.73 Å². The second-order valence-electron chi connectivity index (χ2n) is 5.17. The van der Waals surface area contributed by atoms with Crippen molar-refractivity contribution >= 4 is 0 Å². The van der Waals surface area contributed by atoms with Gasteiger partial charge in [0.05, 0.1) is 0 Å². The summed E-state index contributed by atoms with van der Waals surface area (Å²) in [5.74, 6) is 0.859. The fourth-order valence-electron chi connectivity index (χ4n) is 2.78. The predicted octanol–water partition coefficient (Wildman–Crippen LogP) is 3.53. The molecule has 0 bridgehead atoms. The van der Waals surface area contributed by atoms with E-state index in [1.807, 2.05) is 0 Å². The smallest absolute Gasteiger partial charge is 0.00414 e. The largest absolute Gasteiger partial charge is 0.328 e. The van der Waals surface area contributed by atoms with E-state index >= 15 is 0 Å². The SMILES string of the molecule is NC1CCCCC(CCc2ccccc2)C1. The average Bonchev–Trinajstić information content (AvgIpc) is 2.52. The Morgan fingerprint density at radius 3 is 2.62 bits per heavy atom. The van der Waals surface area contributed by atoms with Crippen LogP contribution in [0.25, 0.3) is 0 Å². The van der Waals surface area contributed by atoms with Crippen molar-refractivity contribution in [3.8, 4) is 0 Å². The van der Waals surface area contributed by atoms with E-state index in [9.17, 15) is 0 Å². The second-order valence-corrected chi connectivity index (χ2v) is 5.17. The Labute approximate surface area is 99.0 Å². The zero-order chi connectivity index (χ0) is 11.2. The molecule has 0 saturated heterocycles. The molecule has 1 saturated carbocycles. The quantitative estimate of drug-likeness (QED) is 0.770. The third-order valence-electron chi connectivity index (χ3n) is 3.76. The van der Waals surface area contributed by atoms with Crippen molar-refractivity contribution in [2.45, 2.75) is 51.0 Å². The van der Waals surface area contributed by atoms with Gasteiger partial charge in [0.25, 0.3) is 0 Å². The van der Waals surface area contributed by atoms with Gasteiger partial charge in [0.15, 0.2) is 0 Å². The van der Waals surface area contributed by atoms with Gasteiger partial charge in [-0.3, -0.25) is 0 Å². The molecule has 0 aromatic heterocycles. The first kappa shape index (κ1) is 11.7. The maximum atomic E-state index is 6.09. The molecule has 1 aliphatic rings. The maximum absolute atomic E-state index is 6.09. The summed E-state index contributed by atoms with van der Waals surface area (Å²) in [5, 5.41) is 0. The van der Waals surface area contributed by atoms with Crippen LogP contribution in [0.5, 0.6) is 0 Å². The summed E-state index contributed by atoms with van der Waals surface area (Å²) in [5.41, 5.74) is 7.57. The molecule has 0 spiro atoms. The lowest BCUT2D eigenvalue weighted by atomic mass is 9.92. The Balaban J connectivity index is 1.80. The molecule has 1 aliphatic carbocycles. The number of benzene rings is 1. The fraction of sp³-hybridized carbons (Fsp3) is 0.600. The normalized spacial score (nSPS) is 26.3. The van der Waals surface area contributed by atoms with Crippen molar-refractivity contribution in [1.82, 2.24) is 0 Å². The summed E-state index contributed by atoms with van der Waals surface area (Å²) in [7, 11) is 0. The lowest BCUT2D eigenvalue weighted by molar-refractivity contribution is 0.406. The first-order valence-corrected chi connectivity index (χ1v) is 6.64. The number of hydrogen-bond acceptors (Lipinski definition) is 1. The Bertz CT molecular complexity index is 294. The van der Waals surface area contributed by atoms with E-state index in [1.54, 1.807) is 0 Å². The molecule has 2 atom stereocenters. The number of rotatable bonds is 3. The molecule has 2 rings (SSSR count). The molecule has 16 heavy (non-hydrogen) atoms. The van der Waals surface area contributed by atoms with Crippen molar-refractivity contribution in [3.05, 3.63) is 35.9 Å². The van der Waals surface area contributed by atoms with Crippen molar-refractivity contribution in [1.29, 1.82) is 0 Å². The topological polar surface area (TPSA) is 26.0 Å². The minimum absolute atomic E-state index is 0.461. The highest BCUT2D eigenvalue weighted by Crippen LogP contribution is 2.26. The van der Waals surface area contributed by atoms with E-state index in [0.717, 1.165) is 5.92 Å². The Morgan fingerprint density at radius 1 is 1.06 bits per heavy atom. The Hall–Kier alpha value is -0.820. The van der Waals surface area contributed by atoms with Crippen LogP contribution in [0.1, 0.15) is 44.1 Å². The number of hydrogen-bond donors (Lipinski definition) is 1. The molecular weight excluding hydrogens is 194 g/mol. The van der Waals surface area contributed by atoms with Crippen LogP contribution in [0, 0.1) is 5.92 Å². The van der Waals surface area contributed by atoms with Gasteiger partial charge in [-0.05, 0) is 37.2 Å². The van der Waals surface area contributed by atoms with Gasteiger partial charge in [0, 0.05) is 6.04 Å². The van der Waals surface area contributed by atoms with Crippen LogP contribution in [0.4, 0.5) is 0 Å². The monoisotopic (exact) mass is 217 g/mol. The third-order valence-corrected chi connectivity index (χ3v) is 3.76. The van der Waals surface area contributed by atoms with Crippen LogP contribution < -0.4 is 5.73 Å². The summed E-state index contributed by atoms with van der Waals surface area (Å²) in [6.45, 7) is 0. The van der Waals surface area contributed by atoms with Crippen LogP contribution in [-0.2, 0) is 6.42 Å². The molecule has 1 nitrogen and oxygen atoms in total. The molecule has 0 aliphatic heterocycles. The zero-order valence-electron chi connectivity index (χ0n) is 10.1. The standard InChI is InChI=1S/C15H23N/c16-15-9-5-4-8-14(12-15)11-10-13-6-2-1-3-7-13/h1-3,6-7,14-15H,4-5,8-12,16H2. The van der Waals surface area contributed by atoms with Crippen molar-refractivity contribution in [2.75, 3.05) is 0 Å². The van der Waals surface area contributed by atoms with Gasteiger partial charge in [-0.25, -0.2) is 0 Å². The first-order valence-electron chi connectivity index (χ1n) is 6.64. The summed E-state index contributed by atoms with van der Waals surface area (Å²) in [6.07, 6.45) is 9.13. The minimum Gasteiger partial charge on any atom is -0.328 e. The van der Waals surface area contributed by atoms with Gasteiger partial charge in [0.1, 0.15) is 0 Å². The highest BCUT2D eigenvalue weighted by Gasteiger charge is 2.17. The zero-order valence-corrected chi connectivity index (χ0v) is 10.1. The third kappa shape index (κ3) is 3.64. The highest BCUT2D eigenvalue weighted by atomic mass is 14.6. The summed E-state index contributed by atoms with van der Waals surface area (Å²) < 4.78 is 0. The van der Waals surface area contributed by atoms with Gasteiger partial charge in [-0.2, -0.15) is 0 Å². The Morgan fingerprint density at radius 2 is 1.81 bits per heavy atom. The molecule has 1 aromatic rings. The van der Waals surface area contributed by atoms with E-state index in [2.05, 4.69) is 30.3 Å². The van der Waals surface area contributed by atoms with Crippen molar-refractivity contribution < 1.29 is 0 Å².